The van der Waals surface area contributed by atoms with E-state index in [1.807, 2.05) is 6.92 Å². The first-order valence-electron chi connectivity index (χ1n) is 6.66. The van der Waals surface area contributed by atoms with Gasteiger partial charge < -0.3 is 9.47 Å². The standard InChI is InChI=1S/C13H22N2O2/c1-2-16-7-8-17-12-5-6-13(9-12,10-14)15-11-3-4-11/h11-12,15H,2-9H2,1H3. The zero-order valence-electron chi connectivity index (χ0n) is 10.6. The van der Waals surface area contributed by atoms with Crippen LogP contribution in [0.2, 0.25) is 0 Å². The van der Waals surface area contributed by atoms with E-state index in [-0.39, 0.29) is 11.6 Å². The minimum absolute atomic E-state index is 0.223. The van der Waals surface area contributed by atoms with Crippen molar-refractivity contribution in [2.75, 3.05) is 19.8 Å². The quantitative estimate of drug-likeness (QED) is 0.685. The van der Waals surface area contributed by atoms with Crippen LogP contribution in [0.5, 0.6) is 0 Å². The van der Waals surface area contributed by atoms with Gasteiger partial charge in [-0.05, 0) is 32.6 Å². The predicted molar refractivity (Wildman–Crippen MR) is 64.6 cm³/mol. The average Bonchev–Trinajstić information content (AvgIpc) is 3.05. The molecule has 0 heterocycles. The van der Waals surface area contributed by atoms with E-state index in [9.17, 15) is 5.26 Å². The number of nitrogens with zero attached hydrogens (tertiary/aromatic N) is 1. The van der Waals surface area contributed by atoms with Gasteiger partial charge in [0.15, 0.2) is 0 Å². The Bertz CT molecular complexity index is 286. The van der Waals surface area contributed by atoms with Crippen molar-refractivity contribution in [2.45, 2.75) is 56.7 Å². The van der Waals surface area contributed by atoms with Crippen LogP contribution >= 0.6 is 0 Å². The van der Waals surface area contributed by atoms with Crippen molar-refractivity contribution in [3.8, 4) is 6.07 Å². The molecular weight excluding hydrogens is 216 g/mol. The molecule has 0 amide bonds. The fourth-order valence-electron chi connectivity index (χ4n) is 2.44. The lowest BCUT2D eigenvalue weighted by Crippen LogP contribution is -2.43. The molecule has 2 saturated carbocycles. The molecule has 4 nitrogen and oxygen atoms in total. The van der Waals surface area contributed by atoms with Crippen molar-refractivity contribution in [3.05, 3.63) is 0 Å². The van der Waals surface area contributed by atoms with Gasteiger partial charge in [0.25, 0.3) is 0 Å². The number of hydrogen-bond donors (Lipinski definition) is 1. The first-order valence-corrected chi connectivity index (χ1v) is 6.66. The van der Waals surface area contributed by atoms with Crippen LogP contribution in [0, 0.1) is 11.3 Å². The fraction of sp³-hybridized carbons (Fsp3) is 0.923. The second-order valence-electron chi connectivity index (χ2n) is 5.05. The molecule has 17 heavy (non-hydrogen) atoms. The van der Waals surface area contributed by atoms with E-state index in [1.54, 1.807) is 0 Å². The van der Waals surface area contributed by atoms with Crippen LogP contribution in [0.1, 0.15) is 39.0 Å². The SMILES string of the molecule is CCOCCOC1CCC(C#N)(NC2CC2)C1. The molecular formula is C13H22N2O2. The highest BCUT2D eigenvalue weighted by Gasteiger charge is 2.43. The molecule has 2 fully saturated rings. The minimum Gasteiger partial charge on any atom is -0.379 e. The van der Waals surface area contributed by atoms with Gasteiger partial charge >= 0.3 is 0 Å². The molecule has 0 saturated heterocycles. The third-order valence-electron chi connectivity index (χ3n) is 3.53. The Labute approximate surface area is 103 Å². The zero-order chi connectivity index (χ0) is 12.1. The van der Waals surface area contributed by atoms with Crippen molar-refractivity contribution in [1.82, 2.24) is 5.32 Å². The van der Waals surface area contributed by atoms with Gasteiger partial charge in [-0.1, -0.05) is 0 Å². The molecule has 2 rings (SSSR count). The molecule has 0 aliphatic heterocycles. The maximum atomic E-state index is 9.33. The molecule has 0 aromatic heterocycles. The molecule has 2 aliphatic carbocycles. The van der Waals surface area contributed by atoms with Crippen LogP contribution in [-0.2, 0) is 9.47 Å². The highest BCUT2D eigenvalue weighted by Crippen LogP contribution is 2.34. The van der Waals surface area contributed by atoms with Crippen LogP contribution in [0.25, 0.3) is 0 Å². The molecule has 2 aliphatic rings. The third kappa shape index (κ3) is 3.67. The second kappa shape index (κ2) is 5.81. The van der Waals surface area contributed by atoms with E-state index in [0.29, 0.717) is 19.3 Å². The smallest absolute Gasteiger partial charge is 0.109 e. The molecule has 0 aromatic carbocycles. The van der Waals surface area contributed by atoms with Crippen molar-refractivity contribution in [3.63, 3.8) is 0 Å². The Morgan fingerprint density at radius 1 is 1.35 bits per heavy atom. The van der Waals surface area contributed by atoms with Crippen LogP contribution in [0.4, 0.5) is 0 Å². The fourth-order valence-corrected chi connectivity index (χ4v) is 2.44. The van der Waals surface area contributed by atoms with Gasteiger partial charge in [-0.3, -0.25) is 5.32 Å². The number of ether oxygens (including phenoxy) is 2. The van der Waals surface area contributed by atoms with E-state index >= 15 is 0 Å². The summed E-state index contributed by atoms with van der Waals surface area (Å²) in [4.78, 5) is 0. The highest BCUT2D eigenvalue weighted by molar-refractivity contribution is 5.14. The molecule has 4 heteroatoms. The van der Waals surface area contributed by atoms with Gasteiger partial charge in [0.05, 0.1) is 25.4 Å². The largest absolute Gasteiger partial charge is 0.379 e. The van der Waals surface area contributed by atoms with Crippen molar-refractivity contribution >= 4 is 0 Å². The minimum atomic E-state index is -0.322. The lowest BCUT2D eigenvalue weighted by atomic mass is 9.99. The summed E-state index contributed by atoms with van der Waals surface area (Å²) < 4.78 is 11.0. The Balaban J connectivity index is 1.71. The number of nitrogens with one attached hydrogen (secondary N) is 1. The molecule has 1 N–H and O–H groups in total. The Kier molecular flexibility index (Phi) is 4.38. The van der Waals surface area contributed by atoms with Crippen LogP contribution in [-0.4, -0.2) is 37.5 Å². The summed E-state index contributed by atoms with van der Waals surface area (Å²) in [6.45, 7) is 4.02. The second-order valence-corrected chi connectivity index (χ2v) is 5.05. The Hall–Kier alpha value is -0.630. The summed E-state index contributed by atoms with van der Waals surface area (Å²) in [7, 11) is 0. The monoisotopic (exact) mass is 238 g/mol. The van der Waals surface area contributed by atoms with E-state index in [2.05, 4.69) is 11.4 Å². The first-order chi connectivity index (χ1) is 8.28. The summed E-state index contributed by atoms with van der Waals surface area (Å²) in [5.41, 5.74) is -0.322. The third-order valence-corrected chi connectivity index (χ3v) is 3.53. The molecule has 96 valence electrons. The number of rotatable bonds is 7. The molecule has 2 atom stereocenters. The predicted octanol–water partition coefficient (Wildman–Crippen LogP) is 1.61. The average molecular weight is 238 g/mol. The van der Waals surface area contributed by atoms with Gasteiger partial charge in [-0.25, -0.2) is 0 Å². The Morgan fingerprint density at radius 2 is 2.18 bits per heavy atom. The van der Waals surface area contributed by atoms with Crippen molar-refractivity contribution in [2.24, 2.45) is 0 Å². The van der Waals surface area contributed by atoms with Crippen molar-refractivity contribution < 1.29 is 9.47 Å². The molecule has 0 bridgehead atoms. The maximum absolute atomic E-state index is 9.33. The van der Waals surface area contributed by atoms with E-state index in [0.717, 1.165) is 25.9 Å². The summed E-state index contributed by atoms with van der Waals surface area (Å²) in [5.74, 6) is 0. The summed E-state index contributed by atoms with van der Waals surface area (Å²) in [6.07, 6.45) is 5.39. The summed E-state index contributed by atoms with van der Waals surface area (Å²) >= 11 is 0. The van der Waals surface area contributed by atoms with Gasteiger partial charge in [0.2, 0.25) is 0 Å². The molecule has 0 aromatic rings. The lowest BCUT2D eigenvalue weighted by Gasteiger charge is -2.22. The number of hydrogen-bond acceptors (Lipinski definition) is 4. The van der Waals surface area contributed by atoms with Gasteiger partial charge in [0, 0.05) is 19.1 Å². The first kappa shape index (κ1) is 12.8. The van der Waals surface area contributed by atoms with Crippen LogP contribution in [0.3, 0.4) is 0 Å². The van der Waals surface area contributed by atoms with Crippen molar-refractivity contribution in [1.29, 1.82) is 5.26 Å². The lowest BCUT2D eigenvalue weighted by molar-refractivity contribution is 0.00870. The topological polar surface area (TPSA) is 54.3 Å². The summed E-state index contributed by atoms with van der Waals surface area (Å²) in [6, 6.07) is 3.04. The zero-order valence-corrected chi connectivity index (χ0v) is 10.6. The van der Waals surface area contributed by atoms with E-state index in [1.165, 1.54) is 12.8 Å². The van der Waals surface area contributed by atoms with E-state index < -0.39 is 0 Å². The van der Waals surface area contributed by atoms with Gasteiger partial charge in [-0.15, -0.1) is 0 Å². The molecule has 2 unspecified atom stereocenters. The molecule has 0 spiro atoms. The summed E-state index contributed by atoms with van der Waals surface area (Å²) in [5, 5.41) is 12.8. The number of nitriles is 1. The van der Waals surface area contributed by atoms with Gasteiger partial charge in [0.1, 0.15) is 5.54 Å². The molecule has 0 radical (unpaired) electrons. The normalized spacial score (nSPS) is 32.6. The van der Waals surface area contributed by atoms with Crippen LogP contribution in [0.15, 0.2) is 0 Å². The van der Waals surface area contributed by atoms with Crippen LogP contribution < -0.4 is 5.32 Å². The van der Waals surface area contributed by atoms with E-state index in [4.69, 9.17) is 9.47 Å². The highest BCUT2D eigenvalue weighted by atomic mass is 16.5. The van der Waals surface area contributed by atoms with Gasteiger partial charge in [-0.2, -0.15) is 5.26 Å². The maximum Gasteiger partial charge on any atom is 0.109 e. The Morgan fingerprint density at radius 3 is 2.82 bits per heavy atom.